The van der Waals surface area contributed by atoms with Crippen LogP contribution >= 0.6 is 0 Å². The summed E-state index contributed by atoms with van der Waals surface area (Å²) in [5.74, 6) is 0. The van der Waals surface area contributed by atoms with E-state index in [0.29, 0.717) is 0 Å². The second-order valence-corrected chi connectivity index (χ2v) is 0.309. The molecule has 0 amide bonds. The van der Waals surface area contributed by atoms with Crippen molar-refractivity contribution >= 4 is 0 Å². The third-order valence-corrected chi connectivity index (χ3v) is 0.0583. The summed E-state index contributed by atoms with van der Waals surface area (Å²) in [4.78, 5) is 0. The minimum absolute atomic E-state index is 0. The van der Waals surface area contributed by atoms with Crippen LogP contribution in [0.3, 0.4) is 0 Å². The van der Waals surface area contributed by atoms with E-state index in [9.17, 15) is 8.78 Å². The number of halogens is 2. The SMILES string of the molecule is F[CH-]CF.[CH3-].[Y]. The fourth-order valence-corrected chi connectivity index (χ4v) is 0. The average Bonchev–Trinajstić information content (AvgIpc) is 1.37. The van der Waals surface area contributed by atoms with Gasteiger partial charge < -0.3 is 11.8 Å². The summed E-state index contributed by atoms with van der Waals surface area (Å²) in [6, 6.07) is 0. The van der Waals surface area contributed by atoms with Crippen molar-refractivity contribution in [1.82, 2.24) is 0 Å². The summed E-state index contributed by atoms with van der Waals surface area (Å²) in [7, 11) is 0. The van der Waals surface area contributed by atoms with E-state index >= 15 is 0 Å². The van der Waals surface area contributed by atoms with Crippen molar-refractivity contribution in [2.24, 2.45) is 0 Å². The zero-order chi connectivity index (χ0) is 3.41. The van der Waals surface area contributed by atoms with Gasteiger partial charge in [0.25, 0.3) is 0 Å². The summed E-state index contributed by atoms with van der Waals surface area (Å²) in [6.07, 6.45) is 0. The van der Waals surface area contributed by atoms with Gasteiger partial charge in [-0.25, -0.2) is 0 Å². The molecule has 3 heteroatoms. The predicted octanol–water partition coefficient (Wildman–Crippen LogP) is 1.53. The Hall–Kier alpha value is 0.964. The zero-order valence-corrected chi connectivity index (χ0v) is 6.46. The van der Waals surface area contributed by atoms with Crippen molar-refractivity contribution in [2.45, 2.75) is 0 Å². The molecule has 0 aliphatic heterocycles. The van der Waals surface area contributed by atoms with Crippen molar-refractivity contribution in [3.05, 3.63) is 14.1 Å². The predicted molar refractivity (Wildman–Crippen MR) is 17.8 cm³/mol. The maximum atomic E-state index is 10.3. The van der Waals surface area contributed by atoms with Gasteiger partial charge in [-0.3, -0.25) is 4.39 Å². The van der Waals surface area contributed by atoms with Crippen molar-refractivity contribution < 1.29 is 41.5 Å². The molecule has 6 heavy (non-hydrogen) atoms. The van der Waals surface area contributed by atoms with Crippen LogP contribution in [0, 0.1) is 14.1 Å². The number of hydrogen-bond donors (Lipinski definition) is 0. The molecule has 0 rings (SSSR count). The topological polar surface area (TPSA) is 0 Å². The van der Waals surface area contributed by atoms with Crippen molar-refractivity contribution in [3.63, 3.8) is 0 Å². The van der Waals surface area contributed by atoms with Gasteiger partial charge in [0.2, 0.25) is 0 Å². The van der Waals surface area contributed by atoms with Crippen LogP contribution in [0.5, 0.6) is 0 Å². The first kappa shape index (κ1) is 15.8. The first-order valence-corrected chi connectivity index (χ1v) is 0.894. The van der Waals surface area contributed by atoms with Gasteiger partial charge in [-0.05, 0) is 6.67 Å². The van der Waals surface area contributed by atoms with Crippen LogP contribution in [-0.2, 0) is 32.7 Å². The Morgan fingerprint density at radius 3 is 1.67 bits per heavy atom. The van der Waals surface area contributed by atoms with Gasteiger partial charge in [-0.1, -0.05) is 0 Å². The molecule has 0 aliphatic rings. The van der Waals surface area contributed by atoms with E-state index in [1.807, 2.05) is 0 Å². The van der Waals surface area contributed by atoms with E-state index < -0.39 is 6.67 Å². The largest absolute Gasteiger partial charge is 0.457 e. The first-order chi connectivity index (χ1) is 1.91. The molecule has 0 saturated carbocycles. The minimum atomic E-state index is -0.972. The molecule has 0 N–H and O–H groups in total. The minimum Gasteiger partial charge on any atom is -0.457 e. The van der Waals surface area contributed by atoms with Crippen molar-refractivity contribution in [2.75, 3.05) is 6.67 Å². The molecule has 0 spiro atoms. The van der Waals surface area contributed by atoms with E-state index in [-0.39, 0.29) is 46.8 Å². The van der Waals surface area contributed by atoms with Crippen LogP contribution in [0.1, 0.15) is 0 Å². The third kappa shape index (κ3) is 20.2. The molecule has 0 aromatic rings. The smallest absolute Gasteiger partial charge is 0 e. The fourth-order valence-electron chi connectivity index (χ4n) is 0. The van der Waals surface area contributed by atoms with Gasteiger partial charge in [0.15, 0.2) is 0 Å². The van der Waals surface area contributed by atoms with Gasteiger partial charge in [0.1, 0.15) is 0 Å². The Balaban J connectivity index is -0.0000000450. The molecule has 0 aromatic heterocycles. The van der Waals surface area contributed by atoms with Crippen molar-refractivity contribution in [1.29, 1.82) is 0 Å². The molecular formula is C3H6F2Y-2. The Morgan fingerprint density at radius 1 is 1.50 bits per heavy atom. The molecule has 0 unspecified atom stereocenters. The second-order valence-electron chi connectivity index (χ2n) is 0.309. The van der Waals surface area contributed by atoms with E-state index in [1.165, 1.54) is 0 Å². The standard InChI is InChI=1S/C2H3F2.CH3.Y/c3-1-2-4;;/h1H,2H2;1H3;/q2*-1;. The quantitative estimate of drug-likeness (QED) is 0.522. The van der Waals surface area contributed by atoms with Crippen LogP contribution in [0.2, 0.25) is 0 Å². The second kappa shape index (κ2) is 16.7. The summed E-state index contributed by atoms with van der Waals surface area (Å²) in [6.45, 7) is -1.01. The number of hydrogen-bond acceptors (Lipinski definition) is 0. The van der Waals surface area contributed by atoms with Crippen LogP contribution in [-0.4, -0.2) is 6.67 Å². The van der Waals surface area contributed by atoms with Crippen molar-refractivity contribution in [3.8, 4) is 0 Å². The molecule has 0 heterocycles. The number of alkyl halides is 1. The number of rotatable bonds is 1. The zero-order valence-electron chi connectivity index (χ0n) is 3.62. The fraction of sp³-hybridized carbons (Fsp3) is 0.333. The molecule has 1 radical (unpaired) electrons. The van der Waals surface area contributed by atoms with Gasteiger partial charge in [0, 0.05) is 32.7 Å². The van der Waals surface area contributed by atoms with E-state index in [2.05, 4.69) is 0 Å². The van der Waals surface area contributed by atoms with Crippen LogP contribution < -0.4 is 0 Å². The third-order valence-electron chi connectivity index (χ3n) is 0.0583. The van der Waals surface area contributed by atoms with E-state index in [0.717, 1.165) is 0 Å². The summed E-state index contributed by atoms with van der Waals surface area (Å²) >= 11 is 0. The molecule has 0 aromatic carbocycles. The maximum absolute atomic E-state index is 10.3. The Labute approximate surface area is 62.2 Å². The Morgan fingerprint density at radius 2 is 1.67 bits per heavy atom. The van der Waals surface area contributed by atoms with E-state index in [4.69, 9.17) is 0 Å². The van der Waals surface area contributed by atoms with Crippen LogP contribution in [0.15, 0.2) is 0 Å². The first-order valence-electron chi connectivity index (χ1n) is 0.894. The molecule has 37 valence electrons. The van der Waals surface area contributed by atoms with Gasteiger partial charge in [0.05, 0.1) is 0 Å². The normalized spacial score (nSPS) is 5.00. The van der Waals surface area contributed by atoms with Gasteiger partial charge >= 0.3 is 0 Å². The molecule has 0 nitrogen and oxygen atoms in total. The molecular weight excluding hydrogens is 163 g/mol. The summed E-state index contributed by atoms with van der Waals surface area (Å²) in [5, 5.41) is 0. The summed E-state index contributed by atoms with van der Waals surface area (Å²) < 4.78 is 20.5. The van der Waals surface area contributed by atoms with Gasteiger partial charge in [-0.2, -0.15) is 0 Å². The van der Waals surface area contributed by atoms with Crippen LogP contribution in [0.4, 0.5) is 8.78 Å². The molecule has 0 atom stereocenters. The van der Waals surface area contributed by atoms with E-state index in [1.54, 1.807) is 0 Å². The monoisotopic (exact) mass is 169 g/mol. The maximum Gasteiger partial charge on any atom is 0 e. The molecule has 0 bridgehead atoms. The molecule has 0 saturated heterocycles. The van der Waals surface area contributed by atoms with Gasteiger partial charge in [-0.15, -0.1) is 6.67 Å². The molecule has 0 fully saturated rings. The van der Waals surface area contributed by atoms with Crippen LogP contribution in [0.25, 0.3) is 0 Å². The molecule has 0 aliphatic carbocycles. The average molecular weight is 169 g/mol. The summed E-state index contributed by atoms with van der Waals surface area (Å²) in [5.41, 5.74) is 0. The Kier molecular flexibility index (Phi) is 44.0. The Bertz CT molecular complexity index is 10.8.